The van der Waals surface area contributed by atoms with Crippen LogP contribution in [-0.4, -0.2) is 48.2 Å². The lowest BCUT2D eigenvalue weighted by atomic mass is 10.0. The van der Waals surface area contributed by atoms with E-state index >= 15 is 0 Å². The van der Waals surface area contributed by atoms with Crippen LogP contribution in [0.3, 0.4) is 0 Å². The highest BCUT2D eigenvalue weighted by atomic mass is 19.4. The fraction of sp³-hybridized carbons (Fsp3) is 0.350. The van der Waals surface area contributed by atoms with Gasteiger partial charge in [-0.05, 0) is 30.2 Å². The Balaban J connectivity index is 1.68. The number of anilines is 1. The molecule has 0 radical (unpaired) electrons. The minimum Gasteiger partial charge on any atom is -0.480 e. The van der Waals surface area contributed by atoms with Crippen molar-refractivity contribution in [3.05, 3.63) is 65.7 Å². The first-order valence-electron chi connectivity index (χ1n) is 8.77. The minimum atomic E-state index is -4.43. The number of para-hydroxylation sites is 1. The van der Waals surface area contributed by atoms with E-state index in [2.05, 4.69) is 4.90 Å². The van der Waals surface area contributed by atoms with Gasteiger partial charge in [-0.1, -0.05) is 36.4 Å². The predicted octanol–water partition coefficient (Wildman–Crippen LogP) is 3.52. The maximum absolute atomic E-state index is 12.9. The summed E-state index contributed by atoms with van der Waals surface area (Å²) in [6.07, 6.45) is -4.39. The van der Waals surface area contributed by atoms with Crippen LogP contribution in [0, 0.1) is 0 Å². The van der Waals surface area contributed by atoms with Gasteiger partial charge in [0, 0.05) is 31.9 Å². The second kappa shape index (κ2) is 8.00. The molecule has 0 aliphatic carbocycles. The third kappa shape index (κ3) is 4.80. The number of nitrogens with zero attached hydrogens (tertiary/aromatic N) is 2. The smallest absolute Gasteiger partial charge is 0.416 e. The third-order valence-corrected chi connectivity index (χ3v) is 4.84. The molecule has 0 amide bonds. The van der Waals surface area contributed by atoms with E-state index in [4.69, 9.17) is 0 Å². The van der Waals surface area contributed by atoms with Crippen molar-refractivity contribution in [3.8, 4) is 0 Å². The van der Waals surface area contributed by atoms with E-state index in [0.717, 1.165) is 17.8 Å². The molecule has 1 atom stereocenters. The normalized spacial score (nSPS) is 16.9. The summed E-state index contributed by atoms with van der Waals surface area (Å²) >= 11 is 0. The molecule has 3 rings (SSSR count). The molecule has 27 heavy (non-hydrogen) atoms. The first-order valence-corrected chi connectivity index (χ1v) is 8.77. The second-order valence-corrected chi connectivity index (χ2v) is 6.61. The molecule has 7 heteroatoms. The second-order valence-electron chi connectivity index (χ2n) is 6.61. The van der Waals surface area contributed by atoms with E-state index in [1.807, 2.05) is 35.2 Å². The molecule has 4 nitrogen and oxygen atoms in total. The van der Waals surface area contributed by atoms with Gasteiger partial charge in [0.25, 0.3) is 0 Å². The van der Waals surface area contributed by atoms with Gasteiger partial charge in [-0.3, -0.25) is 9.69 Å². The van der Waals surface area contributed by atoms with Gasteiger partial charge in [0.05, 0.1) is 5.56 Å². The quantitative estimate of drug-likeness (QED) is 0.865. The summed E-state index contributed by atoms with van der Waals surface area (Å²) in [6.45, 7) is 2.45. The van der Waals surface area contributed by atoms with Crippen molar-refractivity contribution in [3.63, 3.8) is 0 Å². The summed E-state index contributed by atoms with van der Waals surface area (Å²) in [7, 11) is 0. The maximum atomic E-state index is 12.9. The lowest BCUT2D eigenvalue weighted by Crippen LogP contribution is -2.53. The lowest BCUT2D eigenvalue weighted by Gasteiger charge is -2.38. The van der Waals surface area contributed by atoms with Crippen molar-refractivity contribution in [2.45, 2.75) is 18.6 Å². The van der Waals surface area contributed by atoms with Crippen molar-refractivity contribution in [2.24, 2.45) is 0 Å². The number of carbonyl (C=O) groups is 1. The molecule has 1 aliphatic heterocycles. The highest BCUT2D eigenvalue weighted by Gasteiger charge is 2.32. The molecular weight excluding hydrogens is 357 g/mol. The average Bonchev–Trinajstić information content (AvgIpc) is 2.66. The molecule has 0 unspecified atom stereocenters. The molecule has 2 aromatic carbocycles. The number of piperazine rings is 1. The standard InChI is InChI=1S/C20H21F3N2O2/c21-20(22,23)16-6-4-5-15(13-16)14-18(19(26)27)25-11-9-24(10-12-25)17-7-2-1-3-8-17/h1-8,13,18H,9-12,14H2,(H,26,27)/t18-/m0/s1. The number of carboxylic acid groups (broad SMARTS) is 1. The van der Waals surface area contributed by atoms with Crippen molar-refractivity contribution >= 4 is 11.7 Å². The number of hydrogen-bond donors (Lipinski definition) is 1. The Hall–Kier alpha value is -2.54. The van der Waals surface area contributed by atoms with Gasteiger partial charge in [-0.15, -0.1) is 0 Å². The van der Waals surface area contributed by atoms with Gasteiger partial charge in [0.2, 0.25) is 0 Å². The highest BCUT2D eigenvalue weighted by Crippen LogP contribution is 2.30. The van der Waals surface area contributed by atoms with E-state index in [1.165, 1.54) is 6.07 Å². The SMILES string of the molecule is O=C(O)[C@H](Cc1cccc(C(F)(F)F)c1)N1CCN(c2ccccc2)CC1. The van der Waals surface area contributed by atoms with Gasteiger partial charge >= 0.3 is 12.1 Å². The van der Waals surface area contributed by atoms with Crippen LogP contribution in [0.5, 0.6) is 0 Å². The topological polar surface area (TPSA) is 43.8 Å². The molecule has 2 aromatic rings. The molecule has 0 aromatic heterocycles. The molecule has 1 saturated heterocycles. The summed E-state index contributed by atoms with van der Waals surface area (Å²) < 4.78 is 38.7. The van der Waals surface area contributed by atoms with E-state index in [0.29, 0.717) is 31.7 Å². The summed E-state index contributed by atoms with van der Waals surface area (Å²) in [5.41, 5.74) is 0.711. The molecule has 1 heterocycles. The van der Waals surface area contributed by atoms with Crippen LogP contribution < -0.4 is 4.90 Å². The number of aliphatic carboxylic acids is 1. The lowest BCUT2D eigenvalue weighted by molar-refractivity contribution is -0.143. The Kier molecular flexibility index (Phi) is 5.70. The average molecular weight is 378 g/mol. The number of hydrogen-bond acceptors (Lipinski definition) is 3. The van der Waals surface area contributed by atoms with Crippen molar-refractivity contribution in [1.82, 2.24) is 4.90 Å². The largest absolute Gasteiger partial charge is 0.480 e. The van der Waals surface area contributed by atoms with E-state index < -0.39 is 23.8 Å². The Morgan fingerprint density at radius 2 is 1.67 bits per heavy atom. The Morgan fingerprint density at radius 3 is 2.26 bits per heavy atom. The van der Waals surface area contributed by atoms with Crippen LogP contribution in [0.25, 0.3) is 0 Å². The van der Waals surface area contributed by atoms with Gasteiger partial charge in [0.15, 0.2) is 0 Å². The number of alkyl halides is 3. The molecule has 0 spiro atoms. The minimum absolute atomic E-state index is 0.0462. The zero-order chi connectivity index (χ0) is 19.4. The van der Waals surface area contributed by atoms with Crippen molar-refractivity contribution < 1.29 is 23.1 Å². The number of benzene rings is 2. The van der Waals surface area contributed by atoms with E-state index in [9.17, 15) is 23.1 Å². The van der Waals surface area contributed by atoms with Crippen LogP contribution in [0.15, 0.2) is 54.6 Å². The number of rotatable bonds is 5. The van der Waals surface area contributed by atoms with Crippen LogP contribution >= 0.6 is 0 Å². The molecule has 0 bridgehead atoms. The van der Waals surface area contributed by atoms with E-state index in [1.54, 1.807) is 6.07 Å². The molecule has 1 fully saturated rings. The first-order chi connectivity index (χ1) is 12.8. The Morgan fingerprint density at radius 1 is 1.00 bits per heavy atom. The molecule has 144 valence electrons. The summed E-state index contributed by atoms with van der Waals surface area (Å²) in [5.74, 6) is -1.01. The van der Waals surface area contributed by atoms with Gasteiger partial charge < -0.3 is 10.0 Å². The van der Waals surface area contributed by atoms with Crippen molar-refractivity contribution in [1.29, 1.82) is 0 Å². The zero-order valence-electron chi connectivity index (χ0n) is 14.7. The fourth-order valence-corrected chi connectivity index (χ4v) is 3.40. The summed E-state index contributed by atoms with van der Waals surface area (Å²) in [4.78, 5) is 15.8. The molecular formula is C20H21F3N2O2. The zero-order valence-corrected chi connectivity index (χ0v) is 14.7. The summed E-state index contributed by atoms with van der Waals surface area (Å²) in [5, 5.41) is 9.62. The van der Waals surface area contributed by atoms with E-state index in [-0.39, 0.29) is 6.42 Å². The van der Waals surface area contributed by atoms with Gasteiger partial charge in [-0.2, -0.15) is 13.2 Å². The van der Waals surface area contributed by atoms with Crippen molar-refractivity contribution in [2.75, 3.05) is 31.1 Å². The highest BCUT2D eigenvalue weighted by molar-refractivity contribution is 5.74. The molecule has 1 aliphatic rings. The first kappa shape index (κ1) is 19.2. The molecule has 0 saturated carbocycles. The van der Waals surface area contributed by atoms with Gasteiger partial charge in [-0.25, -0.2) is 0 Å². The maximum Gasteiger partial charge on any atom is 0.416 e. The van der Waals surface area contributed by atoms with Gasteiger partial charge in [0.1, 0.15) is 6.04 Å². The Bertz CT molecular complexity index is 772. The van der Waals surface area contributed by atoms with Crippen LogP contribution in [0.2, 0.25) is 0 Å². The monoisotopic (exact) mass is 378 g/mol. The van der Waals surface area contributed by atoms with Crippen LogP contribution in [-0.2, 0) is 17.4 Å². The number of carboxylic acids is 1. The predicted molar refractivity (Wildman–Crippen MR) is 96.8 cm³/mol. The number of halogens is 3. The van der Waals surface area contributed by atoms with Crippen LogP contribution in [0.4, 0.5) is 18.9 Å². The fourth-order valence-electron chi connectivity index (χ4n) is 3.40. The summed E-state index contributed by atoms with van der Waals surface area (Å²) in [6, 6.07) is 13.9. The van der Waals surface area contributed by atoms with Crippen LogP contribution in [0.1, 0.15) is 11.1 Å². The molecule has 1 N–H and O–H groups in total. The Labute approximate surface area is 155 Å². The third-order valence-electron chi connectivity index (χ3n) is 4.84.